The molecule has 2 aliphatic carbocycles. The van der Waals surface area contributed by atoms with Crippen molar-refractivity contribution in [2.75, 3.05) is 5.73 Å². The van der Waals surface area contributed by atoms with Gasteiger partial charge in [0.25, 0.3) is 5.91 Å². The van der Waals surface area contributed by atoms with Crippen LogP contribution in [0.1, 0.15) is 23.3 Å². The van der Waals surface area contributed by atoms with Crippen LogP contribution in [0.3, 0.4) is 0 Å². The molecular formula is C13H11Cl3N4O. The van der Waals surface area contributed by atoms with Crippen LogP contribution in [0.4, 0.5) is 5.69 Å². The Bertz CT molecular complexity index is 686. The van der Waals surface area contributed by atoms with Gasteiger partial charge in [0, 0.05) is 11.6 Å². The van der Waals surface area contributed by atoms with Crippen LogP contribution >= 0.6 is 34.8 Å². The SMILES string of the molecule is Nc1c(Cl)c(Cl)nc(C(=O)N/N=C2\CC3C=CCC23)c1Cl. The molecule has 2 unspecified atom stereocenters. The number of pyridine rings is 1. The fourth-order valence-electron chi connectivity index (χ4n) is 2.52. The number of nitrogens with two attached hydrogens (primary N) is 1. The molecule has 0 saturated heterocycles. The molecule has 0 bridgehead atoms. The zero-order chi connectivity index (χ0) is 15.1. The highest BCUT2D eigenvalue weighted by Gasteiger charge is 2.38. The van der Waals surface area contributed by atoms with Crippen LogP contribution in [0.5, 0.6) is 0 Å². The second-order valence-electron chi connectivity index (χ2n) is 4.98. The Morgan fingerprint density at radius 1 is 1.38 bits per heavy atom. The predicted molar refractivity (Wildman–Crippen MR) is 83.9 cm³/mol. The second-order valence-corrected chi connectivity index (χ2v) is 6.09. The van der Waals surface area contributed by atoms with Crippen molar-refractivity contribution in [1.82, 2.24) is 10.4 Å². The van der Waals surface area contributed by atoms with E-state index in [1.165, 1.54) is 0 Å². The number of hydrogen-bond acceptors (Lipinski definition) is 4. The van der Waals surface area contributed by atoms with Crippen LogP contribution in [-0.2, 0) is 0 Å². The van der Waals surface area contributed by atoms with Crippen LogP contribution in [0.2, 0.25) is 15.2 Å². The molecule has 0 aliphatic heterocycles. The first-order valence-electron chi connectivity index (χ1n) is 6.32. The predicted octanol–water partition coefficient (Wildman–Crippen LogP) is 3.31. The van der Waals surface area contributed by atoms with Gasteiger partial charge in [-0.25, -0.2) is 10.4 Å². The molecule has 3 N–H and O–H groups in total. The lowest BCUT2D eigenvalue weighted by Gasteiger charge is -2.31. The van der Waals surface area contributed by atoms with Crippen molar-refractivity contribution in [2.24, 2.45) is 16.9 Å². The highest BCUT2D eigenvalue weighted by molar-refractivity contribution is 6.46. The maximum absolute atomic E-state index is 12.1. The number of carbonyl (C=O) groups is 1. The maximum Gasteiger partial charge on any atom is 0.291 e. The summed E-state index contributed by atoms with van der Waals surface area (Å²) >= 11 is 17.6. The number of nitrogen functional groups attached to an aromatic ring is 1. The fraction of sp³-hybridized carbons (Fsp3) is 0.308. The Morgan fingerprint density at radius 2 is 2.14 bits per heavy atom. The fourth-order valence-corrected chi connectivity index (χ4v) is 3.11. The van der Waals surface area contributed by atoms with Crippen LogP contribution in [0.25, 0.3) is 0 Å². The van der Waals surface area contributed by atoms with E-state index in [2.05, 4.69) is 27.7 Å². The number of aromatic nitrogens is 1. The molecule has 2 atom stereocenters. The van der Waals surface area contributed by atoms with Gasteiger partial charge in [-0.3, -0.25) is 4.79 Å². The lowest BCUT2D eigenvalue weighted by Crippen LogP contribution is -2.35. The summed E-state index contributed by atoms with van der Waals surface area (Å²) in [5, 5.41) is 4.06. The number of hydrazone groups is 1. The summed E-state index contributed by atoms with van der Waals surface area (Å²) in [6.07, 6.45) is 6.16. The monoisotopic (exact) mass is 344 g/mol. The summed E-state index contributed by atoms with van der Waals surface area (Å²) in [5.41, 5.74) is 9.03. The van der Waals surface area contributed by atoms with E-state index in [1.54, 1.807) is 0 Å². The molecule has 3 rings (SSSR count). The van der Waals surface area contributed by atoms with Gasteiger partial charge < -0.3 is 5.73 Å². The molecule has 1 fully saturated rings. The van der Waals surface area contributed by atoms with Crippen molar-refractivity contribution in [3.05, 3.63) is 33.0 Å². The molecule has 0 aromatic carbocycles. The van der Waals surface area contributed by atoms with Gasteiger partial charge in [-0.15, -0.1) is 0 Å². The number of amides is 1. The summed E-state index contributed by atoms with van der Waals surface area (Å²) < 4.78 is 0. The summed E-state index contributed by atoms with van der Waals surface area (Å²) in [5.74, 6) is 0.405. The first-order valence-corrected chi connectivity index (χ1v) is 7.46. The standard InChI is InChI=1S/C13H11Cl3N4O/c14-8-10(17)9(15)12(16)18-11(8)13(21)20-19-7-4-5-2-1-3-6(5)7/h1-2,5-6H,3-4H2,(H2,17,18)(H,20,21)/b19-7+. The zero-order valence-corrected chi connectivity index (χ0v) is 13.0. The third-order valence-electron chi connectivity index (χ3n) is 3.75. The average Bonchev–Trinajstić information content (AvgIpc) is 2.82. The number of nitrogens with zero attached hydrogens (tertiary/aromatic N) is 2. The van der Waals surface area contributed by atoms with Crippen LogP contribution in [0, 0.1) is 11.8 Å². The van der Waals surface area contributed by atoms with Crippen LogP contribution in [-0.4, -0.2) is 16.6 Å². The highest BCUT2D eigenvalue weighted by Crippen LogP contribution is 2.40. The largest absolute Gasteiger partial charge is 0.396 e. The molecular weight excluding hydrogens is 335 g/mol. The smallest absolute Gasteiger partial charge is 0.291 e. The lowest BCUT2D eigenvalue weighted by atomic mass is 9.74. The highest BCUT2D eigenvalue weighted by atomic mass is 35.5. The quantitative estimate of drug-likeness (QED) is 0.490. The number of anilines is 1. The minimum atomic E-state index is -0.563. The Morgan fingerprint density at radius 3 is 2.86 bits per heavy atom. The van der Waals surface area contributed by atoms with Gasteiger partial charge >= 0.3 is 0 Å². The number of rotatable bonds is 2. The molecule has 5 nitrogen and oxygen atoms in total. The van der Waals surface area contributed by atoms with E-state index in [-0.39, 0.29) is 26.6 Å². The van der Waals surface area contributed by atoms with Gasteiger partial charge in [0.15, 0.2) is 10.8 Å². The van der Waals surface area contributed by atoms with Crippen LogP contribution in [0.15, 0.2) is 17.3 Å². The van der Waals surface area contributed by atoms with E-state index < -0.39 is 5.91 Å². The normalized spacial score (nSPS) is 24.8. The van der Waals surface area contributed by atoms with Gasteiger partial charge in [-0.05, 0) is 18.8 Å². The van der Waals surface area contributed by atoms with Gasteiger partial charge in [-0.1, -0.05) is 47.0 Å². The first kappa shape index (κ1) is 14.6. The molecule has 1 aromatic rings. The number of fused-ring (bicyclic) bond motifs is 1. The summed E-state index contributed by atoms with van der Waals surface area (Å²) in [7, 11) is 0. The van der Waals surface area contributed by atoms with Crippen molar-refractivity contribution in [2.45, 2.75) is 12.8 Å². The molecule has 0 spiro atoms. The van der Waals surface area contributed by atoms with Crippen molar-refractivity contribution in [3.63, 3.8) is 0 Å². The van der Waals surface area contributed by atoms with Crippen molar-refractivity contribution < 1.29 is 4.79 Å². The van der Waals surface area contributed by atoms with E-state index >= 15 is 0 Å². The molecule has 1 amide bonds. The molecule has 8 heteroatoms. The van der Waals surface area contributed by atoms with Gasteiger partial charge in [0.2, 0.25) is 0 Å². The Kier molecular flexibility index (Phi) is 3.82. The number of halogens is 3. The molecule has 2 aliphatic rings. The van der Waals surface area contributed by atoms with Crippen molar-refractivity contribution in [1.29, 1.82) is 0 Å². The number of allylic oxidation sites excluding steroid dienone is 2. The first-order chi connectivity index (χ1) is 9.99. The number of nitrogens with one attached hydrogen (secondary N) is 1. The van der Waals surface area contributed by atoms with Gasteiger partial charge in [0.1, 0.15) is 5.02 Å². The van der Waals surface area contributed by atoms with Crippen molar-refractivity contribution >= 4 is 52.1 Å². The molecule has 1 saturated carbocycles. The van der Waals surface area contributed by atoms with Crippen LogP contribution < -0.4 is 11.2 Å². The lowest BCUT2D eigenvalue weighted by molar-refractivity contribution is 0.0949. The molecule has 0 radical (unpaired) electrons. The summed E-state index contributed by atoms with van der Waals surface area (Å²) in [6.45, 7) is 0. The van der Waals surface area contributed by atoms with Crippen molar-refractivity contribution in [3.8, 4) is 0 Å². The van der Waals surface area contributed by atoms with Gasteiger partial charge in [-0.2, -0.15) is 5.10 Å². The topological polar surface area (TPSA) is 80.4 Å². The van der Waals surface area contributed by atoms with E-state index in [0.717, 1.165) is 18.6 Å². The summed E-state index contributed by atoms with van der Waals surface area (Å²) in [4.78, 5) is 15.9. The Labute approximate surface area is 136 Å². The zero-order valence-electron chi connectivity index (χ0n) is 10.7. The average molecular weight is 346 g/mol. The maximum atomic E-state index is 12.1. The van der Waals surface area contributed by atoms with E-state index in [9.17, 15) is 4.79 Å². The Hall–Kier alpha value is -1.30. The molecule has 1 heterocycles. The molecule has 1 aromatic heterocycles. The summed E-state index contributed by atoms with van der Waals surface area (Å²) in [6, 6.07) is 0. The minimum absolute atomic E-state index is 0.0276. The number of hydrogen-bond donors (Lipinski definition) is 2. The third kappa shape index (κ3) is 2.50. The van der Waals surface area contributed by atoms with E-state index in [1.807, 2.05) is 0 Å². The minimum Gasteiger partial charge on any atom is -0.396 e. The number of carbonyl (C=O) groups excluding carboxylic acids is 1. The molecule has 110 valence electrons. The van der Waals surface area contributed by atoms with E-state index in [4.69, 9.17) is 40.5 Å². The molecule has 21 heavy (non-hydrogen) atoms. The Balaban J connectivity index is 1.76. The van der Waals surface area contributed by atoms with Gasteiger partial charge in [0.05, 0.1) is 10.7 Å². The van der Waals surface area contributed by atoms with E-state index in [0.29, 0.717) is 11.8 Å². The second kappa shape index (κ2) is 5.48. The third-order valence-corrected chi connectivity index (χ3v) is 4.89.